The predicted molar refractivity (Wildman–Crippen MR) is 78.6 cm³/mol. The number of carbonyl (C=O) groups is 1. The molecule has 0 aliphatic heterocycles. The summed E-state index contributed by atoms with van der Waals surface area (Å²) in [6, 6.07) is 5.96. The molecule has 0 heterocycles. The molecule has 3 nitrogen and oxygen atoms in total. The van der Waals surface area contributed by atoms with Crippen LogP contribution < -0.4 is 5.73 Å². The number of hydrogen-bond acceptors (Lipinski definition) is 2. The van der Waals surface area contributed by atoms with Crippen molar-refractivity contribution >= 4 is 23.1 Å². The van der Waals surface area contributed by atoms with E-state index >= 15 is 0 Å². The number of thiocarbonyl (C=S) groups is 1. The average Bonchev–Trinajstić information content (AvgIpc) is 2.27. The summed E-state index contributed by atoms with van der Waals surface area (Å²) in [5.41, 5.74) is 5.12. The maximum Gasteiger partial charge on any atom is 0.257 e. The van der Waals surface area contributed by atoms with Gasteiger partial charge in [-0.2, -0.15) is 0 Å². The first-order chi connectivity index (χ1) is 8.73. The molecule has 1 rings (SSSR count). The monoisotopic (exact) mass is 282 g/mol. The Morgan fingerprint density at radius 1 is 1.37 bits per heavy atom. The SMILES string of the molecule is CC(C)(C)N(CCC(N)=S)C(=O)c1ccccc1F. The Bertz CT molecular complexity index is 483. The predicted octanol–water partition coefficient (Wildman–Crippen LogP) is 2.74. The number of benzene rings is 1. The van der Waals surface area contributed by atoms with E-state index in [2.05, 4.69) is 0 Å². The highest BCUT2D eigenvalue weighted by atomic mass is 32.1. The maximum absolute atomic E-state index is 13.7. The van der Waals surface area contributed by atoms with E-state index in [1.165, 1.54) is 12.1 Å². The fourth-order valence-electron chi connectivity index (χ4n) is 1.74. The molecule has 0 aliphatic carbocycles. The molecule has 1 aromatic carbocycles. The Labute approximate surface area is 118 Å². The zero-order valence-electron chi connectivity index (χ0n) is 11.4. The van der Waals surface area contributed by atoms with Crippen LogP contribution in [0.4, 0.5) is 4.39 Å². The van der Waals surface area contributed by atoms with Gasteiger partial charge in [-0.05, 0) is 32.9 Å². The van der Waals surface area contributed by atoms with E-state index < -0.39 is 11.4 Å². The second-order valence-electron chi connectivity index (χ2n) is 5.32. The highest BCUT2D eigenvalue weighted by Crippen LogP contribution is 2.19. The minimum Gasteiger partial charge on any atom is -0.393 e. The van der Waals surface area contributed by atoms with Crippen LogP contribution >= 0.6 is 12.2 Å². The molecule has 1 aromatic rings. The summed E-state index contributed by atoms with van der Waals surface area (Å²) in [6.07, 6.45) is 0.423. The largest absolute Gasteiger partial charge is 0.393 e. The number of halogens is 1. The summed E-state index contributed by atoms with van der Waals surface area (Å²) in [4.78, 5) is 14.4. The van der Waals surface area contributed by atoms with E-state index in [0.717, 1.165) is 0 Å². The lowest BCUT2D eigenvalue weighted by Gasteiger charge is -2.36. The molecule has 1 amide bonds. The first-order valence-corrected chi connectivity index (χ1v) is 6.49. The quantitative estimate of drug-likeness (QED) is 0.864. The van der Waals surface area contributed by atoms with Crippen molar-refractivity contribution in [1.29, 1.82) is 0 Å². The van der Waals surface area contributed by atoms with Crippen LogP contribution in [-0.2, 0) is 0 Å². The van der Waals surface area contributed by atoms with E-state index in [4.69, 9.17) is 18.0 Å². The molecular weight excluding hydrogens is 263 g/mol. The van der Waals surface area contributed by atoms with Crippen LogP contribution in [0.5, 0.6) is 0 Å². The lowest BCUT2D eigenvalue weighted by atomic mass is 10.0. The minimum absolute atomic E-state index is 0.0698. The van der Waals surface area contributed by atoms with E-state index in [-0.39, 0.29) is 11.5 Å². The minimum atomic E-state index is -0.517. The number of hydrogen-bond donors (Lipinski definition) is 1. The molecule has 0 saturated carbocycles. The van der Waals surface area contributed by atoms with Gasteiger partial charge in [0.25, 0.3) is 5.91 Å². The molecule has 0 saturated heterocycles. The summed E-state index contributed by atoms with van der Waals surface area (Å²) in [5, 5.41) is 0. The molecule has 2 N–H and O–H groups in total. The third-order valence-corrected chi connectivity index (χ3v) is 2.95. The normalized spacial score (nSPS) is 11.2. The van der Waals surface area contributed by atoms with Crippen LogP contribution in [0.15, 0.2) is 24.3 Å². The van der Waals surface area contributed by atoms with Gasteiger partial charge in [0, 0.05) is 18.5 Å². The summed E-state index contributed by atoms with van der Waals surface area (Å²) >= 11 is 4.83. The van der Waals surface area contributed by atoms with Crippen molar-refractivity contribution in [2.45, 2.75) is 32.7 Å². The van der Waals surface area contributed by atoms with Crippen LogP contribution in [-0.4, -0.2) is 27.9 Å². The molecule has 19 heavy (non-hydrogen) atoms. The molecule has 0 fully saturated rings. The molecular formula is C14H19FN2OS. The molecule has 0 bridgehead atoms. The van der Waals surface area contributed by atoms with Gasteiger partial charge in [0.1, 0.15) is 5.82 Å². The summed E-state index contributed by atoms with van der Waals surface area (Å²) in [6.45, 7) is 6.06. The van der Waals surface area contributed by atoms with Gasteiger partial charge in [-0.1, -0.05) is 24.4 Å². The van der Waals surface area contributed by atoms with Gasteiger partial charge >= 0.3 is 0 Å². The number of carbonyl (C=O) groups excluding carboxylic acids is 1. The van der Waals surface area contributed by atoms with Crippen molar-refractivity contribution in [2.75, 3.05) is 6.54 Å². The van der Waals surface area contributed by atoms with Crippen molar-refractivity contribution in [3.63, 3.8) is 0 Å². The molecule has 0 radical (unpaired) electrons. The number of nitrogens with zero attached hydrogens (tertiary/aromatic N) is 1. The summed E-state index contributed by atoms with van der Waals surface area (Å²) in [7, 11) is 0. The standard InChI is InChI=1S/C14H19FN2OS/c1-14(2,3)17(9-8-12(16)19)13(18)10-6-4-5-7-11(10)15/h4-7H,8-9H2,1-3H3,(H2,16,19). The fraction of sp³-hybridized carbons (Fsp3) is 0.429. The molecule has 104 valence electrons. The smallest absolute Gasteiger partial charge is 0.257 e. The summed E-state index contributed by atoms with van der Waals surface area (Å²) in [5.74, 6) is -0.862. The average molecular weight is 282 g/mol. The van der Waals surface area contributed by atoms with Crippen molar-refractivity contribution in [1.82, 2.24) is 4.90 Å². The third kappa shape index (κ3) is 4.28. The number of rotatable bonds is 4. The van der Waals surface area contributed by atoms with E-state index in [1.54, 1.807) is 17.0 Å². The zero-order valence-corrected chi connectivity index (χ0v) is 12.3. The van der Waals surface area contributed by atoms with Gasteiger partial charge in [-0.25, -0.2) is 4.39 Å². The molecule has 0 unspecified atom stereocenters. The summed E-state index contributed by atoms with van der Waals surface area (Å²) < 4.78 is 13.7. The van der Waals surface area contributed by atoms with Crippen LogP contribution in [0.2, 0.25) is 0 Å². The van der Waals surface area contributed by atoms with Gasteiger partial charge in [0.15, 0.2) is 0 Å². The van der Waals surface area contributed by atoms with Crippen LogP contribution in [0.25, 0.3) is 0 Å². The van der Waals surface area contributed by atoms with Crippen molar-refractivity contribution in [2.24, 2.45) is 5.73 Å². The van der Waals surface area contributed by atoms with Gasteiger partial charge in [0.05, 0.1) is 10.6 Å². The Morgan fingerprint density at radius 2 is 1.95 bits per heavy atom. The Balaban J connectivity index is 3.02. The van der Waals surface area contributed by atoms with Crippen molar-refractivity contribution < 1.29 is 9.18 Å². The highest BCUT2D eigenvalue weighted by Gasteiger charge is 2.28. The topological polar surface area (TPSA) is 46.3 Å². The molecule has 0 spiro atoms. The molecule has 0 aliphatic rings. The van der Waals surface area contributed by atoms with Crippen LogP contribution in [0, 0.1) is 5.82 Å². The maximum atomic E-state index is 13.7. The third-order valence-electron chi connectivity index (χ3n) is 2.74. The lowest BCUT2D eigenvalue weighted by molar-refractivity contribution is 0.0586. The van der Waals surface area contributed by atoms with Crippen LogP contribution in [0.1, 0.15) is 37.6 Å². The number of nitrogens with two attached hydrogens (primary N) is 1. The van der Waals surface area contributed by atoms with Crippen molar-refractivity contribution in [3.8, 4) is 0 Å². The van der Waals surface area contributed by atoms with E-state index in [9.17, 15) is 9.18 Å². The Kier molecular flexibility index (Phi) is 5.00. The Morgan fingerprint density at radius 3 is 2.42 bits per heavy atom. The molecule has 0 atom stereocenters. The van der Waals surface area contributed by atoms with Gasteiger partial charge in [0.2, 0.25) is 0 Å². The highest BCUT2D eigenvalue weighted by molar-refractivity contribution is 7.80. The van der Waals surface area contributed by atoms with Gasteiger partial charge in [-0.15, -0.1) is 0 Å². The number of amides is 1. The van der Waals surface area contributed by atoms with E-state index in [1.807, 2.05) is 20.8 Å². The van der Waals surface area contributed by atoms with Crippen LogP contribution in [0.3, 0.4) is 0 Å². The van der Waals surface area contributed by atoms with Gasteiger partial charge in [-0.3, -0.25) is 4.79 Å². The second-order valence-corrected chi connectivity index (χ2v) is 5.85. The van der Waals surface area contributed by atoms with Gasteiger partial charge < -0.3 is 10.6 Å². The molecule has 0 aromatic heterocycles. The van der Waals surface area contributed by atoms with E-state index in [0.29, 0.717) is 18.0 Å². The molecule has 5 heteroatoms. The Hall–Kier alpha value is -1.49. The lowest BCUT2D eigenvalue weighted by Crippen LogP contribution is -2.47. The van der Waals surface area contributed by atoms with Crippen molar-refractivity contribution in [3.05, 3.63) is 35.6 Å². The fourth-order valence-corrected chi connectivity index (χ4v) is 1.83. The first kappa shape index (κ1) is 15.6. The first-order valence-electron chi connectivity index (χ1n) is 6.08. The zero-order chi connectivity index (χ0) is 14.6. The second kappa shape index (κ2) is 6.10.